The third-order valence-corrected chi connectivity index (χ3v) is 2.49. The van der Waals surface area contributed by atoms with Crippen molar-refractivity contribution in [2.75, 3.05) is 19.6 Å². The van der Waals surface area contributed by atoms with Crippen LogP contribution in [0.2, 0.25) is 0 Å². The molecule has 0 atom stereocenters. The quantitative estimate of drug-likeness (QED) is 0.628. The Bertz CT molecular complexity index is 140. The van der Waals surface area contributed by atoms with Crippen LogP contribution in [-0.2, 0) is 0 Å². The van der Waals surface area contributed by atoms with Crippen molar-refractivity contribution in [2.45, 2.75) is 38.5 Å². The first-order valence-corrected chi connectivity index (χ1v) is 5.03. The van der Waals surface area contributed by atoms with E-state index in [1.807, 2.05) is 0 Å². The molecule has 1 aliphatic rings. The third-order valence-electron chi connectivity index (χ3n) is 2.49. The summed E-state index contributed by atoms with van der Waals surface area (Å²) in [6.45, 7) is 3.40. The van der Waals surface area contributed by atoms with E-state index in [4.69, 9.17) is 5.26 Å². The zero-order chi connectivity index (χ0) is 8.65. The topological polar surface area (TPSA) is 27.0 Å². The molecule has 1 saturated heterocycles. The maximum absolute atomic E-state index is 8.45. The SMILES string of the molecule is N#CCCN1CCCCCCC1. The van der Waals surface area contributed by atoms with Gasteiger partial charge in [0.25, 0.3) is 0 Å². The van der Waals surface area contributed by atoms with Gasteiger partial charge in [-0.15, -0.1) is 0 Å². The summed E-state index contributed by atoms with van der Waals surface area (Å²) >= 11 is 0. The van der Waals surface area contributed by atoms with E-state index in [-0.39, 0.29) is 0 Å². The number of rotatable bonds is 2. The van der Waals surface area contributed by atoms with Crippen LogP contribution in [0.25, 0.3) is 0 Å². The van der Waals surface area contributed by atoms with E-state index in [2.05, 4.69) is 11.0 Å². The van der Waals surface area contributed by atoms with Gasteiger partial charge >= 0.3 is 0 Å². The molecule has 2 heteroatoms. The first-order chi connectivity index (χ1) is 5.93. The van der Waals surface area contributed by atoms with Crippen LogP contribution < -0.4 is 0 Å². The molecule has 0 N–H and O–H groups in total. The largest absolute Gasteiger partial charge is 0.302 e. The van der Waals surface area contributed by atoms with Crippen LogP contribution in [0, 0.1) is 11.3 Å². The van der Waals surface area contributed by atoms with Crippen LogP contribution in [0.1, 0.15) is 38.5 Å². The van der Waals surface area contributed by atoms with E-state index >= 15 is 0 Å². The van der Waals surface area contributed by atoms with E-state index in [0.717, 1.165) is 6.54 Å². The van der Waals surface area contributed by atoms with Gasteiger partial charge < -0.3 is 4.90 Å². The zero-order valence-electron chi connectivity index (χ0n) is 7.76. The second-order valence-corrected chi connectivity index (χ2v) is 3.52. The number of hydrogen-bond donors (Lipinski definition) is 0. The van der Waals surface area contributed by atoms with Crippen LogP contribution >= 0.6 is 0 Å². The van der Waals surface area contributed by atoms with E-state index in [9.17, 15) is 0 Å². The molecule has 0 aromatic carbocycles. The first kappa shape index (κ1) is 9.54. The van der Waals surface area contributed by atoms with Crippen molar-refractivity contribution in [3.05, 3.63) is 0 Å². The molecule has 0 aromatic heterocycles. The molecule has 0 radical (unpaired) electrons. The summed E-state index contributed by atoms with van der Waals surface area (Å²) in [6, 6.07) is 2.21. The van der Waals surface area contributed by atoms with Crippen molar-refractivity contribution in [3.8, 4) is 6.07 Å². The molecule has 1 aliphatic heterocycles. The highest BCUT2D eigenvalue weighted by molar-refractivity contribution is 4.73. The predicted octanol–water partition coefficient (Wildman–Crippen LogP) is 2.17. The fourth-order valence-corrected chi connectivity index (χ4v) is 1.74. The lowest BCUT2D eigenvalue weighted by molar-refractivity contribution is 0.252. The lowest BCUT2D eigenvalue weighted by atomic mass is 10.1. The molecule has 0 saturated carbocycles. The summed E-state index contributed by atoms with van der Waals surface area (Å²) < 4.78 is 0. The number of likely N-dealkylation sites (tertiary alicyclic amines) is 1. The number of nitrogens with zero attached hydrogens (tertiary/aromatic N) is 2. The summed E-state index contributed by atoms with van der Waals surface area (Å²) in [5.41, 5.74) is 0. The number of nitriles is 1. The fourth-order valence-electron chi connectivity index (χ4n) is 1.74. The maximum Gasteiger partial charge on any atom is 0.0635 e. The molecule has 0 unspecified atom stereocenters. The Kier molecular flexibility index (Phi) is 4.79. The van der Waals surface area contributed by atoms with Gasteiger partial charge in [-0.25, -0.2) is 0 Å². The molecule has 2 nitrogen and oxygen atoms in total. The average molecular weight is 166 g/mol. The van der Waals surface area contributed by atoms with E-state index in [1.54, 1.807) is 0 Å². The van der Waals surface area contributed by atoms with Crippen molar-refractivity contribution in [3.63, 3.8) is 0 Å². The summed E-state index contributed by atoms with van der Waals surface area (Å²) in [5, 5.41) is 8.45. The van der Waals surface area contributed by atoms with Crippen LogP contribution in [0.5, 0.6) is 0 Å². The molecule has 0 amide bonds. The van der Waals surface area contributed by atoms with Crippen molar-refractivity contribution < 1.29 is 0 Å². The second-order valence-electron chi connectivity index (χ2n) is 3.52. The molecule has 0 aliphatic carbocycles. The van der Waals surface area contributed by atoms with Gasteiger partial charge in [0.1, 0.15) is 0 Å². The highest BCUT2D eigenvalue weighted by Crippen LogP contribution is 2.10. The van der Waals surface area contributed by atoms with Crippen molar-refractivity contribution in [1.82, 2.24) is 4.90 Å². The minimum Gasteiger partial charge on any atom is -0.302 e. The van der Waals surface area contributed by atoms with Gasteiger partial charge in [-0.1, -0.05) is 19.3 Å². The highest BCUT2D eigenvalue weighted by Gasteiger charge is 2.06. The van der Waals surface area contributed by atoms with Gasteiger partial charge in [-0.05, 0) is 25.9 Å². The van der Waals surface area contributed by atoms with Gasteiger partial charge in [0.2, 0.25) is 0 Å². The highest BCUT2D eigenvalue weighted by atomic mass is 15.1. The first-order valence-electron chi connectivity index (χ1n) is 5.03. The van der Waals surface area contributed by atoms with Crippen molar-refractivity contribution >= 4 is 0 Å². The summed E-state index contributed by atoms with van der Waals surface area (Å²) in [6.07, 6.45) is 7.51. The van der Waals surface area contributed by atoms with Gasteiger partial charge in [-0.2, -0.15) is 5.26 Å². The molecular formula is C10H18N2. The molecule has 1 rings (SSSR count). The Balaban J connectivity index is 2.16. The fraction of sp³-hybridized carbons (Fsp3) is 0.900. The van der Waals surface area contributed by atoms with Crippen molar-refractivity contribution in [2.24, 2.45) is 0 Å². The average Bonchev–Trinajstić information content (AvgIpc) is 2.02. The van der Waals surface area contributed by atoms with Crippen LogP contribution in [0.4, 0.5) is 0 Å². The van der Waals surface area contributed by atoms with E-state index in [0.29, 0.717) is 6.42 Å². The van der Waals surface area contributed by atoms with E-state index in [1.165, 1.54) is 45.2 Å². The Morgan fingerprint density at radius 2 is 1.58 bits per heavy atom. The zero-order valence-corrected chi connectivity index (χ0v) is 7.76. The lowest BCUT2D eigenvalue weighted by Gasteiger charge is -2.23. The van der Waals surface area contributed by atoms with Crippen LogP contribution in [0.3, 0.4) is 0 Å². The molecule has 0 spiro atoms. The van der Waals surface area contributed by atoms with Crippen LogP contribution in [0.15, 0.2) is 0 Å². The Labute approximate surface area is 75.2 Å². The van der Waals surface area contributed by atoms with Gasteiger partial charge in [-0.3, -0.25) is 0 Å². The standard InChI is InChI=1S/C10H18N2/c11-7-6-10-12-8-4-2-1-3-5-9-12/h1-6,8-10H2. The van der Waals surface area contributed by atoms with Gasteiger partial charge in [0, 0.05) is 13.0 Å². The molecule has 68 valence electrons. The normalized spacial score (nSPS) is 20.9. The van der Waals surface area contributed by atoms with Gasteiger partial charge in [0.05, 0.1) is 6.07 Å². The molecule has 12 heavy (non-hydrogen) atoms. The van der Waals surface area contributed by atoms with E-state index < -0.39 is 0 Å². The van der Waals surface area contributed by atoms with Gasteiger partial charge in [0.15, 0.2) is 0 Å². The predicted molar refractivity (Wildman–Crippen MR) is 49.8 cm³/mol. The Morgan fingerprint density at radius 3 is 2.17 bits per heavy atom. The summed E-state index contributed by atoms with van der Waals surface area (Å²) in [7, 11) is 0. The monoisotopic (exact) mass is 166 g/mol. The third kappa shape index (κ3) is 3.73. The molecular weight excluding hydrogens is 148 g/mol. The molecule has 0 bridgehead atoms. The smallest absolute Gasteiger partial charge is 0.0635 e. The number of hydrogen-bond acceptors (Lipinski definition) is 2. The van der Waals surface area contributed by atoms with Crippen LogP contribution in [-0.4, -0.2) is 24.5 Å². The summed E-state index contributed by atoms with van der Waals surface area (Å²) in [5.74, 6) is 0. The molecule has 1 fully saturated rings. The van der Waals surface area contributed by atoms with Crippen molar-refractivity contribution in [1.29, 1.82) is 5.26 Å². The second kappa shape index (κ2) is 6.02. The Hall–Kier alpha value is -0.550. The summed E-state index contributed by atoms with van der Waals surface area (Å²) in [4.78, 5) is 2.43. The minimum atomic E-state index is 0.694. The molecule has 0 aromatic rings. The lowest BCUT2D eigenvalue weighted by Crippen LogP contribution is -2.28. The maximum atomic E-state index is 8.45. The Morgan fingerprint density at radius 1 is 1.00 bits per heavy atom. The minimum absolute atomic E-state index is 0.694. The molecule has 1 heterocycles.